The Labute approximate surface area is 85.7 Å². The van der Waals surface area contributed by atoms with Crippen LogP contribution in [0.1, 0.15) is 19.4 Å². The maximum Gasteiger partial charge on any atom is 0.0585 e. The number of anilines is 1. The lowest BCUT2D eigenvalue weighted by Crippen LogP contribution is -2.26. The highest BCUT2D eigenvalue weighted by molar-refractivity contribution is 5.39. The molecule has 0 aliphatic rings. The van der Waals surface area contributed by atoms with E-state index in [0.717, 1.165) is 11.3 Å². The van der Waals surface area contributed by atoms with Crippen molar-refractivity contribution in [1.82, 2.24) is 0 Å². The second-order valence-electron chi connectivity index (χ2n) is 2.89. The highest BCUT2D eigenvalue weighted by atomic mass is 16.3. The Kier molecular flexibility index (Phi) is 6.80. The highest BCUT2D eigenvalue weighted by Crippen LogP contribution is 2.06. The van der Waals surface area contributed by atoms with Crippen molar-refractivity contribution in [3.8, 4) is 0 Å². The molecule has 3 nitrogen and oxygen atoms in total. The highest BCUT2D eigenvalue weighted by Gasteiger charge is 2.00. The van der Waals surface area contributed by atoms with Crippen LogP contribution in [0.3, 0.4) is 0 Å². The average molecular weight is 196 g/mol. The fraction of sp³-hybridized carbons (Fsp3) is 0.455. The third-order valence-electron chi connectivity index (χ3n) is 1.71. The second kappa shape index (κ2) is 7.35. The molecule has 0 unspecified atom stereocenters. The predicted octanol–water partition coefficient (Wildman–Crippen LogP) is 1.16. The molecule has 0 saturated heterocycles. The molecule has 80 valence electrons. The Bertz CT molecular complexity index is 234. The molecule has 0 fully saturated rings. The third-order valence-corrected chi connectivity index (χ3v) is 1.71. The van der Waals surface area contributed by atoms with Gasteiger partial charge < -0.3 is 16.6 Å². The van der Waals surface area contributed by atoms with E-state index < -0.39 is 0 Å². The molecule has 5 N–H and O–H groups in total. The van der Waals surface area contributed by atoms with Gasteiger partial charge in [-0.05, 0) is 24.1 Å². The first kappa shape index (κ1) is 12.9. The molecular weight excluding hydrogens is 176 g/mol. The van der Waals surface area contributed by atoms with E-state index in [1.807, 2.05) is 38.1 Å². The normalized spacial score (nSPS) is 11.4. The average Bonchev–Trinajstić information content (AvgIpc) is 2.24. The number of aliphatic hydroxyl groups is 1. The van der Waals surface area contributed by atoms with E-state index in [0.29, 0.717) is 6.42 Å². The van der Waals surface area contributed by atoms with E-state index >= 15 is 0 Å². The number of hydrogen-bond donors (Lipinski definition) is 3. The fourth-order valence-electron chi connectivity index (χ4n) is 1.02. The van der Waals surface area contributed by atoms with E-state index in [4.69, 9.17) is 16.6 Å². The summed E-state index contributed by atoms with van der Waals surface area (Å²) in [6.07, 6.45) is 0.691. The molecule has 0 spiro atoms. The lowest BCUT2D eigenvalue weighted by molar-refractivity contribution is 0.265. The lowest BCUT2D eigenvalue weighted by atomic mass is 10.1. The summed E-state index contributed by atoms with van der Waals surface area (Å²) >= 11 is 0. The fourth-order valence-corrected chi connectivity index (χ4v) is 1.02. The Balaban J connectivity index is 0.000000791. The van der Waals surface area contributed by atoms with Crippen LogP contribution in [0.4, 0.5) is 5.69 Å². The van der Waals surface area contributed by atoms with Crippen molar-refractivity contribution in [1.29, 1.82) is 0 Å². The summed E-state index contributed by atoms with van der Waals surface area (Å²) in [5.74, 6) is 0. The van der Waals surface area contributed by atoms with E-state index in [9.17, 15) is 0 Å². The Morgan fingerprint density at radius 3 is 2.14 bits per heavy atom. The molecule has 14 heavy (non-hydrogen) atoms. The SMILES string of the molecule is CC.Nc1ccc(C[C@H](N)CO)cc1. The van der Waals surface area contributed by atoms with Gasteiger partial charge in [-0.3, -0.25) is 0 Å². The molecule has 0 saturated carbocycles. The first-order valence-corrected chi connectivity index (χ1v) is 4.93. The van der Waals surface area contributed by atoms with Crippen LogP contribution in [-0.4, -0.2) is 17.8 Å². The Morgan fingerprint density at radius 1 is 1.21 bits per heavy atom. The van der Waals surface area contributed by atoms with Crippen molar-refractivity contribution in [3.05, 3.63) is 29.8 Å². The number of aliphatic hydroxyl groups excluding tert-OH is 1. The van der Waals surface area contributed by atoms with Crippen molar-refractivity contribution >= 4 is 5.69 Å². The van der Waals surface area contributed by atoms with Gasteiger partial charge in [-0.2, -0.15) is 0 Å². The Hall–Kier alpha value is -1.06. The van der Waals surface area contributed by atoms with Gasteiger partial charge in [0, 0.05) is 11.7 Å². The van der Waals surface area contributed by atoms with Gasteiger partial charge in [0.25, 0.3) is 0 Å². The van der Waals surface area contributed by atoms with Gasteiger partial charge in [0.15, 0.2) is 0 Å². The van der Waals surface area contributed by atoms with Crippen molar-refractivity contribution in [2.45, 2.75) is 26.3 Å². The van der Waals surface area contributed by atoms with Gasteiger partial charge in [0.05, 0.1) is 6.61 Å². The minimum atomic E-state index is -0.173. The number of nitrogen functional groups attached to an aromatic ring is 1. The standard InChI is InChI=1S/C9H14N2O.C2H6/c10-8-3-1-7(2-4-8)5-9(11)6-12;1-2/h1-4,9,12H,5-6,10-11H2;1-2H3/t9-;/m0./s1. The van der Waals surface area contributed by atoms with Crippen LogP contribution in [-0.2, 0) is 6.42 Å². The van der Waals surface area contributed by atoms with Crippen molar-refractivity contribution in [3.63, 3.8) is 0 Å². The molecule has 0 heterocycles. The van der Waals surface area contributed by atoms with Crippen LogP contribution >= 0.6 is 0 Å². The van der Waals surface area contributed by atoms with Gasteiger partial charge in [-0.1, -0.05) is 26.0 Å². The molecule has 1 atom stereocenters. The van der Waals surface area contributed by atoms with Crippen molar-refractivity contribution in [2.24, 2.45) is 5.73 Å². The molecule has 0 aliphatic carbocycles. The van der Waals surface area contributed by atoms with E-state index in [1.54, 1.807) is 0 Å². The second-order valence-corrected chi connectivity index (χ2v) is 2.89. The van der Waals surface area contributed by atoms with Crippen LogP contribution in [0.25, 0.3) is 0 Å². The van der Waals surface area contributed by atoms with Crippen LogP contribution in [0.5, 0.6) is 0 Å². The van der Waals surface area contributed by atoms with Gasteiger partial charge in [0.2, 0.25) is 0 Å². The molecule has 0 aromatic heterocycles. The summed E-state index contributed by atoms with van der Waals surface area (Å²) in [4.78, 5) is 0. The van der Waals surface area contributed by atoms with Crippen molar-refractivity contribution < 1.29 is 5.11 Å². The minimum absolute atomic E-state index is 0.0182. The van der Waals surface area contributed by atoms with Gasteiger partial charge in [0.1, 0.15) is 0 Å². The summed E-state index contributed by atoms with van der Waals surface area (Å²) in [5.41, 5.74) is 12.9. The largest absolute Gasteiger partial charge is 0.399 e. The molecule has 0 amide bonds. The number of rotatable bonds is 3. The van der Waals surface area contributed by atoms with Gasteiger partial charge in [-0.25, -0.2) is 0 Å². The van der Waals surface area contributed by atoms with Crippen LogP contribution in [0.15, 0.2) is 24.3 Å². The topological polar surface area (TPSA) is 72.3 Å². The summed E-state index contributed by atoms with van der Waals surface area (Å²) in [6, 6.07) is 7.34. The molecule has 0 radical (unpaired) electrons. The Morgan fingerprint density at radius 2 is 1.71 bits per heavy atom. The molecule has 0 aliphatic heterocycles. The van der Waals surface area contributed by atoms with E-state index in [-0.39, 0.29) is 12.6 Å². The molecule has 3 heteroatoms. The quantitative estimate of drug-likeness (QED) is 0.635. The van der Waals surface area contributed by atoms with E-state index in [2.05, 4.69) is 0 Å². The zero-order valence-corrected chi connectivity index (χ0v) is 8.90. The monoisotopic (exact) mass is 196 g/mol. The zero-order chi connectivity index (χ0) is 11.0. The summed E-state index contributed by atoms with van der Waals surface area (Å²) in [7, 11) is 0. The molecule has 1 rings (SSSR count). The predicted molar refractivity (Wildman–Crippen MR) is 61.0 cm³/mol. The maximum absolute atomic E-state index is 8.70. The lowest BCUT2D eigenvalue weighted by Gasteiger charge is -2.07. The summed E-state index contributed by atoms with van der Waals surface area (Å²) < 4.78 is 0. The minimum Gasteiger partial charge on any atom is -0.399 e. The molecule has 1 aromatic rings. The van der Waals surface area contributed by atoms with Crippen LogP contribution in [0, 0.1) is 0 Å². The number of hydrogen-bond acceptors (Lipinski definition) is 3. The maximum atomic E-state index is 8.70. The summed E-state index contributed by atoms with van der Waals surface area (Å²) in [5, 5.41) is 8.70. The number of nitrogens with two attached hydrogens (primary N) is 2. The molecule has 1 aromatic carbocycles. The van der Waals surface area contributed by atoms with Crippen molar-refractivity contribution in [2.75, 3.05) is 12.3 Å². The smallest absolute Gasteiger partial charge is 0.0585 e. The van der Waals surface area contributed by atoms with Crippen LogP contribution < -0.4 is 11.5 Å². The first-order chi connectivity index (χ1) is 6.72. The van der Waals surface area contributed by atoms with Gasteiger partial charge >= 0.3 is 0 Å². The van der Waals surface area contributed by atoms with Crippen LogP contribution in [0.2, 0.25) is 0 Å². The number of benzene rings is 1. The summed E-state index contributed by atoms with van der Waals surface area (Å²) in [6.45, 7) is 4.02. The molecular formula is C11H20N2O. The molecule has 0 bridgehead atoms. The van der Waals surface area contributed by atoms with Gasteiger partial charge in [-0.15, -0.1) is 0 Å². The first-order valence-electron chi connectivity index (χ1n) is 4.93. The zero-order valence-electron chi connectivity index (χ0n) is 8.90. The third kappa shape index (κ3) is 4.84. The van der Waals surface area contributed by atoms with E-state index in [1.165, 1.54) is 0 Å².